The van der Waals surface area contributed by atoms with Gasteiger partial charge in [0, 0.05) is 21.5 Å². The standard InChI is InChI=1S/C31H24Cl4N2O6S2/c1-3-19(27(38)37-29-20(31(42)43-4-2)18(14-44-29)15-9-6-5-7-10-15)45-17-12-8-11-16(13-17)36-28(39)21-22(30(40)41)24(33)26(35)25(34)23(21)32/h5-14,19H,3-4H2,1-2H3,(H,36,39)(H,37,38)(H,40,41). The molecule has 8 nitrogen and oxygen atoms in total. The third kappa shape index (κ3) is 7.77. The second-order valence-corrected chi connectivity index (χ2v) is 12.9. The van der Waals surface area contributed by atoms with Crippen LogP contribution in [-0.4, -0.2) is 40.7 Å². The highest BCUT2D eigenvalue weighted by molar-refractivity contribution is 8.00. The number of carbonyl (C=O) groups is 4. The van der Waals surface area contributed by atoms with Gasteiger partial charge in [0.2, 0.25) is 5.91 Å². The Morgan fingerprint density at radius 3 is 2.16 bits per heavy atom. The van der Waals surface area contributed by atoms with E-state index in [4.69, 9.17) is 51.1 Å². The summed E-state index contributed by atoms with van der Waals surface area (Å²) in [5, 5.41) is 15.5. The molecule has 1 heterocycles. The van der Waals surface area contributed by atoms with Crippen molar-refractivity contribution in [3.05, 3.63) is 96.8 Å². The molecule has 0 radical (unpaired) electrons. The summed E-state index contributed by atoms with van der Waals surface area (Å²) in [4.78, 5) is 52.1. The Morgan fingerprint density at radius 1 is 0.867 bits per heavy atom. The van der Waals surface area contributed by atoms with Crippen LogP contribution in [0, 0.1) is 0 Å². The number of hydrogen-bond donors (Lipinski definition) is 3. The smallest absolute Gasteiger partial charge is 0.341 e. The number of hydrogen-bond acceptors (Lipinski definition) is 7. The van der Waals surface area contributed by atoms with Crippen LogP contribution in [0.3, 0.4) is 0 Å². The van der Waals surface area contributed by atoms with Crippen molar-refractivity contribution in [3.8, 4) is 11.1 Å². The fraction of sp³-hybridized carbons (Fsp3) is 0.161. The zero-order valence-corrected chi connectivity index (χ0v) is 28.2. The van der Waals surface area contributed by atoms with E-state index < -0.39 is 39.2 Å². The van der Waals surface area contributed by atoms with Crippen LogP contribution in [0.15, 0.2) is 64.9 Å². The first-order valence-electron chi connectivity index (χ1n) is 13.3. The van der Waals surface area contributed by atoms with Crippen LogP contribution >= 0.6 is 69.5 Å². The molecule has 1 unspecified atom stereocenters. The molecule has 3 N–H and O–H groups in total. The molecule has 2 amide bonds. The SMILES string of the molecule is CCOC(=O)c1c(-c2ccccc2)csc1NC(=O)C(CC)Sc1cccc(NC(=O)c2c(Cl)c(Cl)c(Cl)c(Cl)c2C(=O)O)c1. The maximum atomic E-state index is 13.5. The Bertz CT molecular complexity index is 1780. The van der Waals surface area contributed by atoms with Gasteiger partial charge in [0.1, 0.15) is 10.6 Å². The summed E-state index contributed by atoms with van der Waals surface area (Å²) in [6.07, 6.45) is 0.443. The summed E-state index contributed by atoms with van der Waals surface area (Å²) in [6, 6.07) is 16.0. The second-order valence-electron chi connectivity index (χ2n) is 9.24. The summed E-state index contributed by atoms with van der Waals surface area (Å²) >= 11 is 26.8. The maximum absolute atomic E-state index is 13.5. The molecule has 0 aliphatic carbocycles. The quantitative estimate of drug-likeness (QED) is 0.0609. The van der Waals surface area contributed by atoms with Crippen LogP contribution in [0.25, 0.3) is 11.1 Å². The van der Waals surface area contributed by atoms with Crippen molar-refractivity contribution in [1.82, 2.24) is 0 Å². The van der Waals surface area contributed by atoms with Crippen molar-refractivity contribution >= 4 is 104 Å². The summed E-state index contributed by atoms with van der Waals surface area (Å²) < 4.78 is 5.29. The number of halogens is 4. The van der Waals surface area contributed by atoms with E-state index in [1.807, 2.05) is 37.3 Å². The minimum atomic E-state index is -1.51. The van der Waals surface area contributed by atoms with Gasteiger partial charge in [0.25, 0.3) is 5.91 Å². The van der Waals surface area contributed by atoms with Crippen LogP contribution < -0.4 is 10.6 Å². The number of rotatable bonds is 11. The van der Waals surface area contributed by atoms with Crippen molar-refractivity contribution in [2.24, 2.45) is 0 Å². The largest absolute Gasteiger partial charge is 0.478 e. The monoisotopic (exact) mass is 724 g/mol. The number of ether oxygens (including phenoxy) is 1. The average molecular weight is 726 g/mol. The molecule has 0 fully saturated rings. The van der Waals surface area contributed by atoms with Crippen molar-refractivity contribution in [2.75, 3.05) is 17.2 Å². The van der Waals surface area contributed by atoms with E-state index >= 15 is 0 Å². The Labute approximate surface area is 287 Å². The summed E-state index contributed by atoms with van der Waals surface area (Å²) in [7, 11) is 0. The van der Waals surface area contributed by atoms with Gasteiger partial charge in [-0.05, 0) is 37.1 Å². The lowest BCUT2D eigenvalue weighted by Gasteiger charge is -2.16. The van der Waals surface area contributed by atoms with Gasteiger partial charge in [0.15, 0.2) is 0 Å². The first kappa shape index (κ1) is 34.6. The van der Waals surface area contributed by atoms with E-state index in [1.165, 1.54) is 23.1 Å². The number of carbonyl (C=O) groups excluding carboxylic acids is 3. The molecule has 1 atom stereocenters. The molecule has 14 heteroatoms. The molecule has 4 rings (SSSR count). The highest BCUT2D eigenvalue weighted by atomic mass is 35.5. The lowest BCUT2D eigenvalue weighted by molar-refractivity contribution is -0.115. The Hall–Kier alpha value is -3.25. The number of nitrogens with one attached hydrogen (secondary N) is 2. The van der Waals surface area contributed by atoms with Gasteiger partial charge >= 0.3 is 11.9 Å². The lowest BCUT2D eigenvalue weighted by Crippen LogP contribution is -2.25. The number of amides is 2. The van der Waals surface area contributed by atoms with Crippen LogP contribution in [0.2, 0.25) is 20.1 Å². The van der Waals surface area contributed by atoms with Crippen LogP contribution in [0.5, 0.6) is 0 Å². The predicted octanol–water partition coefficient (Wildman–Crippen LogP) is 9.67. The number of carboxylic acid groups (broad SMARTS) is 1. The summed E-state index contributed by atoms with van der Waals surface area (Å²) in [5.74, 6) is -3.25. The van der Waals surface area contributed by atoms with E-state index in [9.17, 15) is 24.3 Å². The molecular weight excluding hydrogens is 702 g/mol. The third-order valence-corrected chi connectivity index (χ3v) is 10.4. The van der Waals surface area contributed by atoms with E-state index in [2.05, 4.69) is 10.6 Å². The average Bonchev–Trinajstić information content (AvgIpc) is 3.44. The minimum absolute atomic E-state index is 0.179. The first-order valence-corrected chi connectivity index (χ1v) is 16.6. The van der Waals surface area contributed by atoms with Gasteiger partial charge in [0.05, 0.1) is 43.1 Å². The van der Waals surface area contributed by atoms with Crippen molar-refractivity contribution in [1.29, 1.82) is 0 Å². The topological polar surface area (TPSA) is 122 Å². The van der Waals surface area contributed by atoms with Gasteiger partial charge in [-0.2, -0.15) is 0 Å². The molecule has 1 aromatic heterocycles. The Balaban J connectivity index is 1.55. The maximum Gasteiger partial charge on any atom is 0.341 e. The molecule has 0 bridgehead atoms. The van der Waals surface area contributed by atoms with E-state index in [0.717, 1.165) is 5.56 Å². The number of thiophene rings is 1. The van der Waals surface area contributed by atoms with Gasteiger partial charge in [-0.3, -0.25) is 9.59 Å². The fourth-order valence-corrected chi connectivity index (χ4v) is 7.24. The number of benzene rings is 3. The fourth-order valence-electron chi connectivity index (χ4n) is 4.25. The number of carboxylic acids is 1. The first-order chi connectivity index (χ1) is 21.5. The zero-order chi connectivity index (χ0) is 32.8. The summed E-state index contributed by atoms with van der Waals surface area (Å²) in [5.41, 5.74) is 1.02. The highest BCUT2D eigenvalue weighted by Gasteiger charge is 2.29. The van der Waals surface area contributed by atoms with Crippen LogP contribution in [-0.2, 0) is 9.53 Å². The van der Waals surface area contributed by atoms with Gasteiger partial charge in [-0.25, -0.2) is 9.59 Å². The highest BCUT2D eigenvalue weighted by Crippen LogP contribution is 2.42. The zero-order valence-electron chi connectivity index (χ0n) is 23.6. The minimum Gasteiger partial charge on any atom is -0.478 e. The molecule has 0 saturated carbocycles. The van der Waals surface area contributed by atoms with Crippen LogP contribution in [0.1, 0.15) is 51.3 Å². The number of anilines is 2. The van der Waals surface area contributed by atoms with E-state index in [1.54, 1.807) is 36.6 Å². The molecule has 45 heavy (non-hydrogen) atoms. The molecular formula is C31H24Cl4N2O6S2. The van der Waals surface area contributed by atoms with Crippen molar-refractivity contribution in [3.63, 3.8) is 0 Å². The van der Waals surface area contributed by atoms with Crippen molar-refractivity contribution < 1.29 is 29.0 Å². The second kappa shape index (κ2) is 15.4. The van der Waals surface area contributed by atoms with Gasteiger partial charge in [-0.15, -0.1) is 23.1 Å². The number of aromatic carboxylic acids is 1. The number of esters is 1. The molecule has 0 saturated heterocycles. The number of thioether (sulfide) groups is 1. The molecule has 234 valence electrons. The molecule has 0 spiro atoms. The molecule has 4 aromatic rings. The Kier molecular flexibility index (Phi) is 11.8. The Morgan fingerprint density at radius 2 is 1.53 bits per heavy atom. The predicted molar refractivity (Wildman–Crippen MR) is 182 cm³/mol. The van der Waals surface area contributed by atoms with E-state index in [-0.39, 0.29) is 33.1 Å². The molecule has 0 aliphatic rings. The van der Waals surface area contributed by atoms with Gasteiger partial charge in [-0.1, -0.05) is 89.7 Å². The molecule has 3 aromatic carbocycles. The third-order valence-electron chi connectivity index (χ3n) is 6.33. The van der Waals surface area contributed by atoms with E-state index in [0.29, 0.717) is 27.6 Å². The normalized spacial score (nSPS) is 11.5. The van der Waals surface area contributed by atoms with Crippen molar-refractivity contribution in [2.45, 2.75) is 30.4 Å². The summed E-state index contributed by atoms with van der Waals surface area (Å²) in [6.45, 7) is 3.74. The molecule has 0 aliphatic heterocycles. The van der Waals surface area contributed by atoms with Gasteiger partial charge < -0.3 is 20.5 Å². The lowest BCUT2D eigenvalue weighted by atomic mass is 10.0. The van der Waals surface area contributed by atoms with Crippen LogP contribution in [0.4, 0.5) is 10.7 Å².